The van der Waals surface area contributed by atoms with Gasteiger partial charge in [-0.25, -0.2) is 0 Å². The van der Waals surface area contributed by atoms with E-state index in [9.17, 15) is 0 Å². The van der Waals surface area contributed by atoms with Crippen LogP contribution in [0.2, 0.25) is 0 Å². The van der Waals surface area contributed by atoms with Crippen LogP contribution in [0.15, 0.2) is 41.4 Å². The highest BCUT2D eigenvalue weighted by molar-refractivity contribution is 14.0. The average Bonchev–Trinajstić information content (AvgIpc) is 2.61. The van der Waals surface area contributed by atoms with Crippen molar-refractivity contribution in [3.8, 4) is 17.2 Å². The fourth-order valence-corrected chi connectivity index (χ4v) is 2.50. The number of guanidine groups is 1. The Balaban J connectivity index is 0.00000338. The van der Waals surface area contributed by atoms with E-state index in [1.54, 1.807) is 21.3 Å². The Morgan fingerprint density at radius 2 is 1.62 bits per heavy atom. The van der Waals surface area contributed by atoms with E-state index in [-0.39, 0.29) is 24.0 Å². The third kappa shape index (κ3) is 5.98. The van der Waals surface area contributed by atoms with Crippen LogP contribution in [0.3, 0.4) is 0 Å². The van der Waals surface area contributed by atoms with Gasteiger partial charge in [-0.15, -0.1) is 24.0 Å². The summed E-state index contributed by atoms with van der Waals surface area (Å²) in [6, 6.07) is 11.6. The molecule has 0 saturated heterocycles. The maximum Gasteiger partial charge on any atom is 0.193 e. The molecule has 0 aliphatic heterocycles. The van der Waals surface area contributed by atoms with Gasteiger partial charge in [0.25, 0.3) is 0 Å². The zero-order chi connectivity index (χ0) is 18.2. The van der Waals surface area contributed by atoms with Gasteiger partial charge in [0.2, 0.25) is 0 Å². The Bertz CT molecular complexity index is 751. The molecule has 6 nitrogen and oxygen atoms in total. The van der Waals surface area contributed by atoms with Crippen LogP contribution in [0.4, 0.5) is 5.69 Å². The smallest absolute Gasteiger partial charge is 0.193 e. The van der Waals surface area contributed by atoms with E-state index in [2.05, 4.69) is 23.3 Å². The molecule has 2 aromatic carbocycles. The van der Waals surface area contributed by atoms with Crippen molar-refractivity contribution >= 4 is 35.6 Å². The van der Waals surface area contributed by atoms with Gasteiger partial charge in [0.15, 0.2) is 17.5 Å². The average molecular weight is 471 g/mol. The summed E-state index contributed by atoms with van der Waals surface area (Å²) in [6.45, 7) is 2.62. The Labute approximate surface area is 171 Å². The maximum absolute atomic E-state index is 5.97. The molecule has 0 radical (unpaired) electrons. The Hall–Kier alpha value is -2.16. The van der Waals surface area contributed by atoms with E-state index in [1.807, 2.05) is 30.3 Å². The maximum atomic E-state index is 5.97. The number of nitrogens with one attached hydrogen (secondary N) is 1. The fraction of sp³-hybridized carbons (Fsp3) is 0.316. The van der Waals surface area contributed by atoms with Gasteiger partial charge in [0.05, 0.1) is 21.3 Å². The van der Waals surface area contributed by atoms with Crippen LogP contribution in [0.5, 0.6) is 17.2 Å². The van der Waals surface area contributed by atoms with Crippen molar-refractivity contribution in [3.05, 3.63) is 47.5 Å². The monoisotopic (exact) mass is 471 g/mol. The van der Waals surface area contributed by atoms with Crippen molar-refractivity contribution in [1.82, 2.24) is 0 Å². The molecule has 0 atom stereocenters. The molecule has 7 heteroatoms. The molecule has 142 valence electrons. The van der Waals surface area contributed by atoms with Crippen molar-refractivity contribution in [2.24, 2.45) is 10.7 Å². The highest BCUT2D eigenvalue weighted by Gasteiger charge is 2.06. The number of aliphatic imine (C=N–C) groups is 1. The van der Waals surface area contributed by atoms with E-state index in [4.69, 9.17) is 19.9 Å². The Kier molecular flexibility index (Phi) is 9.04. The van der Waals surface area contributed by atoms with E-state index >= 15 is 0 Å². The molecule has 2 rings (SSSR count). The predicted octanol–water partition coefficient (Wildman–Crippen LogP) is 3.61. The summed E-state index contributed by atoms with van der Waals surface area (Å²) >= 11 is 0. The number of hydrogen-bond acceptors (Lipinski definition) is 4. The summed E-state index contributed by atoms with van der Waals surface area (Å²) in [5.41, 5.74) is 9.06. The first-order valence-electron chi connectivity index (χ1n) is 8.00. The van der Waals surface area contributed by atoms with E-state index in [1.165, 1.54) is 5.56 Å². The quantitative estimate of drug-likeness (QED) is 0.367. The third-order valence-electron chi connectivity index (χ3n) is 3.76. The van der Waals surface area contributed by atoms with Gasteiger partial charge in [-0.1, -0.05) is 17.7 Å². The molecule has 0 aromatic heterocycles. The van der Waals surface area contributed by atoms with E-state index < -0.39 is 0 Å². The summed E-state index contributed by atoms with van der Waals surface area (Å²) in [5, 5.41) is 3.06. The number of hydrogen-bond donors (Lipinski definition) is 2. The molecule has 0 saturated carbocycles. The molecule has 0 aliphatic carbocycles. The number of ether oxygens (including phenoxy) is 3. The molecule has 0 heterocycles. The lowest BCUT2D eigenvalue weighted by Crippen LogP contribution is -2.23. The lowest BCUT2D eigenvalue weighted by Gasteiger charge is -2.11. The van der Waals surface area contributed by atoms with Gasteiger partial charge in [-0.2, -0.15) is 0 Å². The van der Waals surface area contributed by atoms with Crippen molar-refractivity contribution in [2.75, 3.05) is 33.2 Å². The van der Waals surface area contributed by atoms with Crippen molar-refractivity contribution < 1.29 is 14.2 Å². The second-order valence-corrected chi connectivity index (χ2v) is 5.53. The zero-order valence-electron chi connectivity index (χ0n) is 15.5. The summed E-state index contributed by atoms with van der Waals surface area (Å²) in [6.07, 6.45) is 0.749. The Morgan fingerprint density at radius 1 is 0.962 bits per heavy atom. The minimum Gasteiger partial charge on any atom is -0.496 e. The third-order valence-corrected chi connectivity index (χ3v) is 3.76. The SMILES string of the molecule is COc1ccc(C)cc1CCN=C(N)Nc1ccc(OC)c(OC)c1.I. The minimum atomic E-state index is 0. The van der Waals surface area contributed by atoms with Gasteiger partial charge in [0.1, 0.15) is 5.75 Å². The van der Waals surface area contributed by atoms with Gasteiger partial charge < -0.3 is 25.3 Å². The van der Waals surface area contributed by atoms with Crippen LogP contribution in [-0.2, 0) is 6.42 Å². The number of nitrogens with two attached hydrogens (primary N) is 1. The number of benzene rings is 2. The van der Waals surface area contributed by atoms with Crippen LogP contribution >= 0.6 is 24.0 Å². The predicted molar refractivity (Wildman–Crippen MR) is 117 cm³/mol. The number of rotatable bonds is 7. The lowest BCUT2D eigenvalue weighted by atomic mass is 10.1. The van der Waals surface area contributed by atoms with Gasteiger partial charge in [-0.05, 0) is 37.1 Å². The normalized spacial score (nSPS) is 10.7. The zero-order valence-corrected chi connectivity index (χ0v) is 17.9. The number of halogens is 1. The van der Waals surface area contributed by atoms with Gasteiger partial charge in [-0.3, -0.25) is 4.99 Å². The highest BCUT2D eigenvalue weighted by atomic mass is 127. The van der Waals surface area contributed by atoms with Gasteiger partial charge >= 0.3 is 0 Å². The molecule has 2 aromatic rings. The van der Waals surface area contributed by atoms with Crippen LogP contribution < -0.4 is 25.3 Å². The van der Waals surface area contributed by atoms with E-state index in [0.29, 0.717) is 24.0 Å². The van der Waals surface area contributed by atoms with Crippen LogP contribution in [0.1, 0.15) is 11.1 Å². The standard InChI is InChI=1S/C19H25N3O3.HI/c1-13-5-7-16(23-2)14(11-13)9-10-21-19(20)22-15-6-8-17(24-3)18(12-15)25-4;/h5-8,11-12H,9-10H2,1-4H3,(H3,20,21,22);1H. The summed E-state index contributed by atoms with van der Waals surface area (Å²) in [4.78, 5) is 4.37. The largest absolute Gasteiger partial charge is 0.496 e. The van der Waals surface area contributed by atoms with Crippen LogP contribution in [0.25, 0.3) is 0 Å². The van der Waals surface area contributed by atoms with E-state index in [0.717, 1.165) is 23.4 Å². The van der Waals surface area contributed by atoms with Crippen LogP contribution in [-0.4, -0.2) is 33.8 Å². The molecule has 0 aliphatic rings. The molecule has 0 spiro atoms. The number of anilines is 1. The number of aryl methyl sites for hydroxylation is 1. The summed E-state index contributed by atoms with van der Waals surface area (Å²) in [7, 11) is 4.86. The second-order valence-electron chi connectivity index (χ2n) is 5.53. The molecule has 26 heavy (non-hydrogen) atoms. The van der Waals surface area contributed by atoms with Crippen molar-refractivity contribution in [2.45, 2.75) is 13.3 Å². The summed E-state index contributed by atoms with van der Waals surface area (Å²) in [5.74, 6) is 2.51. The first kappa shape index (κ1) is 21.9. The second kappa shape index (κ2) is 10.7. The van der Waals surface area contributed by atoms with Crippen LogP contribution in [0, 0.1) is 6.92 Å². The van der Waals surface area contributed by atoms with Crippen molar-refractivity contribution in [1.29, 1.82) is 0 Å². The fourth-order valence-electron chi connectivity index (χ4n) is 2.50. The molecular formula is C19H26IN3O3. The molecule has 0 unspecified atom stereocenters. The summed E-state index contributed by atoms with van der Waals surface area (Å²) < 4.78 is 15.9. The van der Waals surface area contributed by atoms with Gasteiger partial charge in [0, 0.05) is 18.3 Å². The van der Waals surface area contributed by atoms with Crippen molar-refractivity contribution in [3.63, 3.8) is 0 Å². The first-order valence-corrected chi connectivity index (χ1v) is 8.00. The molecule has 0 bridgehead atoms. The lowest BCUT2D eigenvalue weighted by molar-refractivity contribution is 0.355. The first-order chi connectivity index (χ1) is 12.1. The topological polar surface area (TPSA) is 78.1 Å². The minimum absolute atomic E-state index is 0. The number of methoxy groups -OCH3 is 3. The Morgan fingerprint density at radius 3 is 2.27 bits per heavy atom. The molecule has 0 amide bonds. The molecule has 0 fully saturated rings. The molecular weight excluding hydrogens is 445 g/mol. The highest BCUT2D eigenvalue weighted by Crippen LogP contribution is 2.29. The molecule has 3 N–H and O–H groups in total. The number of nitrogens with zero attached hydrogens (tertiary/aromatic N) is 1.